The van der Waals surface area contributed by atoms with E-state index in [2.05, 4.69) is 29.7 Å². The number of nitrogens with zero attached hydrogens (tertiary/aromatic N) is 1. The van der Waals surface area contributed by atoms with Gasteiger partial charge in [-0.15, -0.1) is 0 Å². The van der Waals surface area contributed by atoms with E-state index in [1.54, 1.807) is 0 Å². The lowest BCUT2D eigenvalue weighted by Gasteiger charge is -2.08. The van der Waals surface area contributed by atoms with Crippen LogP contribution in [0.2, 0.25) is 0 Å². The van der Waals surface area contributed by atoms with Crippen LogP contribution in [0.25, 0.3) is 5.69 Å². The molecule has 0 amide bonds. The van der Waals surface area contributed by atoms with Crippen LogP contribution in [0.15, 0.2) is 42.7 Å². The van der Waals surface area contributed by atoms with Gasteiger partial charge in [0, 0.05) is 24.6 Å². The highest BCUT2D eigenvalue weighted by molar-refractivity contribution is 5.43. The van der Waals surface area contributed by atoms with Gasteiger partial charge in [0.05, 0.1) is 0 Å². The van der Waals surface area contributed by atoms with Crippen molar-refractivity contribution in [1.82, 2.24) is 4.57 Å². The Morgan fingerprint density at radius 3 is 2.50 bits per heavy atom. The Labute approximate surface area is 84.0 Å². The van der Waals surface area contributed by atoms with Gasteiger partial charge in [0.15, 0.2) is 0 Å². The summed E-state index contributed by atoms with van der Waals surface area (Å²) >= 11 is 0. The van der Waals surface area contributed by atoms with E-state index in [0.717, 1.165) is 0 Å². The minimum Gasteiger partial charge on any atom is -0.326 e. The average molecular weight is 186 g/mol. The predicted octanol–water partition coefficient (Wildman–Crippen LogP) is 2.24. The van der Waals surface area contributed by atoms with Gasteiger partial charge < -0.3 is 10.3 Å². The number of hydrogen-bond donors (Lipinski definition) is 1. The highest BCUT2D eigenvalue weighted by Gasteiger charge is 1.99. The summed E-state index contributed by atoms with van der Waals surface area (Å²) in [6.07, 6.45) is 4.09. The van der Waals surface area contributed by atoms with E-state index in [1.807, 2.05) is 24.5 Å². The molecule has 0 radical (unpaired) electrons. The summed E-state index contributed by atoms with van der Waals surface area (Å²) in [7, 11) is 0. The normalized spacial score (nSPS) is 10.4. The second-order valence-corrected chi connectivity index (χ2v) is 3.42. The highest BCUT2D eigenvalue weighted by Crippen LogP contribution is 2.15. The van der Waals surface area contributed by atoms with Crippen LogP contribution in [0.1, 0.15) is 11.1 Å². The summed E-state index contributed by atoms with van der Waals surface area (Å²) in [5.41, 5.74) is 9.23. The molecule has 0 spiro atoms. The summed E-state index contributed by atoms with van der Waals surface area (Å²) in [6.45, 7) is 2.71. The molecule has 2 rings (SSSR count). The lowest BCUT2D eigenvalue weighted by atomic mass is 10.1. The van der Waals surface area contributed by atoms with E-state index in [9.17, 15) is 0 Å². The smallest absolute Gasteiger partial charge is 0.0478 e. The van der Waals surface area contributed by atoms with E-state index < -0.39 is 0 Å². The van der Waals surface area contributed by atoms with Crippen LogP contribution in [0.5, 0.6) is 0 Å². The van der Waals surface area contributed by atoms with Crippen molar-refractivity contribution in [2.45, 2.75) is 13.5 Å². The van der Waals surface area contributed by atoms with Crippen LogP contribution in [-0.4, -0.2) is 4.57 Å². The Kier molecular flexibility index (Phi) is 2.37. The van der Waals surface area contributed by atoms with Gasteiger partial charge in [-0.2, -0.15) is 0 Å². The minimum atomic E-state index is 0.604. The molecule has 0 saturated carbocycles. The van der Waals surface area contributed by atoms with Crippen molar-refractivity contribution in [3.63, 3.8) is 0 Å². The zero-order chi connectivity index (χ0) is 9.97. The molecule has 0 atom stereocenters. The fourth-order valence-electron chi connectivity index (χ4n) is 1.63. The highest BCUT2D eigenvalue weighted by atomic mass is 14.9. The van der Waals surface area contributed by atoms with Gasteiger partial charge in [0.1, 0.15) is 0 Å². The van der Waals surface area contributed by atoms with E-state index in [1.165, 1.54) is 16.8 Å². The van der Waals surface area contributed by atoms with Crippen LogP contribution >= 0.6 is 0 Å². The fraction of sp³-hybridized carbons (Fsp3) is 0.167. The Morgan fingerprint density at radius 2 is 1.93 bits per heavy atom. The predicted molar refractivity (Wildman–Crippen MR) is 58.4 cm³/mol. The molecule has 0 aliphatic carbocycles. The fourth-order valence-corrected chi connectivity index (χ4v) is 1.63. The Morgan fingerprint density at radius 1 is 1.21 bits per heavy atom. The van der Waals surface area contributed by atoms with Gasteiger partial charge in [-0.25, -0.2) is 0 Å². The van der Waals surface area contributed by atoms with Crippen molar-refractivity contribution in [3.05, 3.63) is 53.9 Å². The van der Waals surface area contributed by atoms with Crippen LogP contribution in [-0.2, 0) is 6.54 Å². The SMILES string of the molecule is Cc1cc(CN)ccc1-n1cccc1. The van der Waals surface area contributed by atoms with Crippen molar-refractivity contribution >= 4 is 0 Å². The monoisotopic (exact) mass is 186 g/mol. The zero-order valence-corrected chi connectivity index (χ0v) is 8.27. The van der Waals surface area contributed by atoms with Crippen molar-refractivity contribution in [3.8, 4) is 5.69 Å². The van der Waals surface area contributed by atoms with Crippen LogP contribution < -0.4 is 5.73 Å². The van der Waals surface area contributed by atoms with E-state index in [4.69, 9.17) is 5.73 Å². The summed E-state index contributed by atoms with van der Waals surface area (Å²) in [4.78, 5) is 0. The van der Waals surface area contributed by atoms with Crippen LogP contribution in [0, 0.1) is 6.92 Å². The van der Waals surface area contributed by atoms with Crippen molar-refractivity contribution in [1.29, 1.82) is 0 Å². The maximum atomic E-state index is 5.58. The first-order valence-corrected chi connectivity index (χ1v) is 4.74. The lowest BCUT2D eigenvalue weighted by Crippen LogP contribution is -1.99. The standard InChI is InChI=1S/C12H14N2/c1-10-8-11(9-13)4-5-12(10)14-6-2-3-7-14/h2-8H,9,13H2,1H3. The van der Waals surface area contributed by atoms with E-state index in [-0.39, 0.29) is 0 Å². The maximum absolute atomic E-state index is 5.58. The summed E-state index contributed by atoms with van der Waals surface area (Å²) < 4.78 is 2.11. The van der Waals surface area contributed by atoms with Crippen LogP contribution in [0.3, 0.4) is 0 Å². The largest absolute Gasteiger partial charge is 0.326 e. The molecule has 0 aliphatic rings. The average Bonchev–Trinajstić information content (AvgIpc) is 2.70. The number of hydrogen-bond acceptors (Lipinski definition) is 1. The third kappa shape index (κ3) is 1.56. The molecule has 2 heteroatoms. The van der Waals surface area contributed by atoms with Gasteiger partial charge in [0.2, 0.25) is 0 Å². The quantitative estimate of drug-likeness (QED) is 0.766. The van der Waals surface area contributed by atoms with Crippen molar-refractivity contribution < 1.29 is 0 Å². The molecule has 2 N–H and O–H groups in total. The zero-order valence-electron chi connectivity index (χ0n) is 8.27. The molecule has 1 aromatic heterocycles. The number of nitrogens with two attached hydrogens (primary N) is 1. The molecule has 1 aromatic carbocycles. The first-order chi connectivity index (χ1) is 6.81. The number of aryl methyl sites for hydroxylation is 1. The Balaban J connectivity index is 2.46. The Hall–Kier alpha value is -1.54. The molecule has 0 aliphatic heterocycles. The van der Waals surface area contributed by atoms with Crippen molar-refractivity contribution in [2.75, 3.05) is 0 Å². The molecule has 14 heavy (non-hydrogen) atoms. The molecular weight excluding hydrogens is 172 g/mol. The summed E-state index contributed by atoms with van der Waals surface area (Å²) in [6, 6.07) is 10.4. The molecular formula is C12H14N2. The van der Waals surface area contributed by atoms with Crippen molar-refractivity contribution in [2.24, 2.45) is 5.73 Å². The summed E-state index contributed by atoms with van der Waals surface area (Å²) in [5, 5.41) is 0. The van der Waals surface area contributed by atoms with Gasteiger partial charge in [-0.3, -0.25) is 0 Å². The minimum absolute atomic E-state index is 0.604. The molecule has 72 valence electrons. The Bertz CT molecular complexity index is 416. The second-order valence-electron chi connectivity index (χ2n) is 3.42. The number of benzene rings is 1. The third-order valence-electron chi connectivity index (χ3n) is 2.38. The molecule has 1 heterocycles. The lowest BCUT2D eigenvalue weighted by molar-refractivity contribution is 1.03. The molecule has 2 aromatic rings. The van der Waals surface area contributed by atoms with Gasteiger partial charge in [0.25, 0.3) is 0 Å². The molecule has 2 nitrogen and oxygen atoms in total. The van der Waals surface area contributed by atoms with Crippen LogP contribution in [0.4, 0.5) is 0 Å². The van der Waals surface area contributed by atoms with Gasteiger partial charge in [-0.05, 0) is 36.2 Å². The second kappa shape index (κ2) is 3.68. The van der Waals surface area contributed by atoms with E-state index >= 15 is 0 Å². The van der Waals surface area contributed by atoms with E-state index in [0.29, 0.717) is 6.54 Å². The molecule has 0 fully saturated rings. The maximum Gasteiger partial charge on any atom is 0.0478 e. The molecule has 0 unspecified atom stereocenters. The molecule has 0 bridgehead atoms. The first-order valence-electron chi connectivity index (χ1n) is 4.74. The summed E-state index contributed by atoms with van der Waals surface area (Å²) in [5.74, 6) is 0. The number of rotatable bonds is 2. The number of aromatic nitrogens is 1. The molecule has 0 saturated heterocycles. The van der Waals surface area contributed by atoms with Gasteiger partial charge in [-0.1, -0.05) is 12.1 Å². The topological polar surface area (TPSA) is 30.9 Å². The first kappa shape index (κ1) is 9.03. The third-order valence-corrected chi connectivity index (χ3v) is 2.38. The van der Waals surface area contributed by atoms with Gasteiger partial charge >= 0.3 is 0 Å².